The summed E-state index contributed by atoms with van der Waals surface area (Å²) in [6.45, 7) is 1.66. The fourth-order valence-corrected chi connectivity index (χ4v) is 4.46. The Bertz CT molecular complexity index is 636. The lowest BCUT2D eigenvalue weighted by Crippen LogP contribution is -2.66. The van der Waals surface area contributed by atoms with Crippen LogP contribution < -0.4 is 4.31 Å². The van der Waals surface area contributed by atoms with Crippen molar-refractivity contribution in [1.29, 1.82) is 0 Å². The van der Waals surface area contributed by atoms with E-state index in [0.29, 0.717) is 19.6 Å². The molecule has 0 bridgehead atoms. The molecular weight excluding hydrogens is 304 g/mol. The van der Waals surface area contributed by atoms with Gasteiger partial charge in [-0.25, -0.2) is 0 Å². The van der Waals surface area contributed by atoms with Gasteiger partial charge < -0.3 is 14.2 Å². The molecule has 22 heavy (non-hydrogen) atoms. The number of nitrogens with zero attached hydrogens (tertiary/aromatic N) is 2. The van der Waals surface area contributed by atoms with E-state index in [9.17, 15) is 13.6 Å². The third-order valence-corrected chi connectivity index (χ3v) is 5.50. The molecular formula is C15H20N2O4S. The van der Waals surface area contributed by atoms with Crippen LogP contribution in [0.1, 0.15) is 5.56 Å². The second-order valence-electron chi connectivity index (χ2n) is 6.26. The molecule has 1 amide bonds. The number of hydrogen-bond acceptors (Lipinski definition) is 4. The van der Waals surface area contributed by atoms with Gasteiger partial charge in [0, 0.05) is 25.6 Å². The Labute approximate surface area is 131 Å². The summed E-state index contributed by atoms with van der Waals surface area (Å²) in [5, 5.41) is 0. The minimum atomic E-state index is -3.33. The van der Waals surface area contributed by atoms with Crippen molar-refractivity contribution in [3.63, 3.8) is 0 Å². The van der Waals surface area contributed by atoms with Crippen LogP contribution in [-0.2, 0) is 30.6 Å². The Kier molecular flexibility index (Phi) is 3.74. The number of carbonyl (C=O) groups excluding carboxylic acids is 1. The quantitative estimate of drug-likeness (QED) is 0.767. The lowest BCUT2D eigenvalue weighted by Gasteiger charge is -2.54. The van der Waals surface area contributed by atoms with Gasteiger partial charge in [0.25, 0.3) is 0 Å². The van der Waals surface area contributed by atoms with Crippen molar-refractivity contribution in [2.45, 2.75) is 6.42 Å². The molecule has 1 aromatic carbocycles. The number of carbonyl (C=O) groups is 1. The highest BCUT2D eigenvalue weighted by Gasteiger charge is 2.51. The molecule has 1 saturated heterocycles. The minimum Gasteiger partial charge on any atom is -0.593 e. The van der Waals surface area contributed by atoms with Gasteiger partial charge in [0.2, 0.25) is 5.91 Å². The van der Waals surface area contributed by atoms with Crippen LogP contribution in [0.3, 0.4) is 0 Å². The summed E-state index contributed by atoms with van der Waals surface area (Å²) in [6, 6.07) is 7.58. The van der Waals surface area contributed by atoms with Crippen molar-refractivity contribution in [2.75, 3.05) is 43.9 Å². The number of rotatable bonds is 3. The smallest absolute Gasteiger partial charge is 0.248 e. The largest absolute Gasteiger partial charge is 0.593 e. The third-order valence-electron chi connectivity index (χ3n) is 4.38. The third kappa shape index (κ3) is 2.64. The topological polar surface area (TPSA) is 72.9 Å². The highest BCUT2D eigenvalue weighted by atomic mass is 32.3. The molecule has 120 valence electrons. The number of likely N-dealkylation sites (tertiary alicyclic amines) is 1. The van der Waals surface area contributed by atoms with Gasteiger partial charge in [-0.05, 0) is 18.1 Å². The molecule has 0 saturated carbocycles. The molecule has 6 nitrogen and oxygen atoms in total. The Morgan fingerprint density at radius 2 is 2.05 bits per heavy atom. The first kappa shape index (κ1) is 15.5. The molecule has 2 aliphatic rings. The van der Waals surface area contributed by atoms with Crippen molar-refractivity contribution in [3.8, 4) is 0 Å². The maximum atomic E-state index is 12.1. The molecule has 2 aliphatic heterocycles. The van der Waals surface area contributed by atoms with Crippen molar-refractivity contribution < 1.29 is 18.3 Å². The van der Waals surface area contributed by atoms with E-state index in [2.05, 4.69) is 0 Å². The number of amides is 1. The molecule has 7 heteroatoms. The van der Waals surface area contributed by atoms with Crippen molar-refractivity contribution in [3.05, 3.63) is 29.8 Å². The Hall–Kier alpha value is -1.44. The average Bonchev–Trinajstić information content (AvgIpc) is 2.42. The molecule has 3 rings (SSSR count). The Morgan fingerprint density at radius 1 is 1.36 bits per heavy atom. The SMILES string of the molecule is COCC(=O)N1CC2(Cc3ccccc3N([S+](C)(=O)[O-])C2)C1. The summed E-state index contributed by atoms with van der Waals surface area (Å²) in [7, 11) is -1.83. The first-order valence-corrected chi connectivity index (χ1v) is 9.02. The first-order chi connectivity index (χ1) is 10.3. The molecule has 1 unspecified atom stereocenters. The van der Waals surface area contributed by atoms with E-state index in [-0.39, 0.29) is 17.9 Å². The van der Waals surface area contributed by atoms with Crippen LogP contribution in [0.25, 0.3) is 0 Å². The zero-order chi connectivity index (χ0) is 16.0. The van der Waals surface area contributed by atoms with Crippen LogP contribution >= 0.6 is 0 Å². The van der Waals surface area contributed by atoms with Crippen LogP contribution in [0, 0.1) is 5.41 Å². The summed E-state index contributed by atoms with van der Waals surface area (Å²) >= 11 is 0. The second-order valence-corrected chi connectivity index (χ2v) is 8.16. The Balaban J connectivity index is 1.83. The van der Waals surface area contributed by atoms with Gasteiger partial charge in [0.15, 0.2) is 0 Å². The number of para-hydroxylation sites is 1. The van der Waals surface area contributed by atoms with E-state index < -0.39 is 10.4 Å². The zero-order valence-corrected chi connectivity index (χ0v) is 13.6. The van der Waals surface area contributed by atoms with E-state index in [0.717, 1.165) is 17.7 Å². The predicted molar refractivity (Wildman–Crippen MR) is 83.1 cm³/mol. The van der Waals surface area contributed by atoms with Gasteiger partial charge in [0.05, 0.1) is 12.2 Å². The second kappa shape index (κ2) is 5.33. The summed E-state index contributed by atoms with van der Waals surface area (Å²) in [5.41, 5.74) is 1.61. The summed E-state index contributed by atoms with van der Waals surface area (Å²) < 4.78 is 30.6. The van der Waals surface area contributed by atoms with Gasteiger partial charge in [-0.1, -0.05) is 22.4 Å². The monoisotopic (exact) mass is 324 g/mol. The van der Waals surface area contributed by atoms with Crippen molar-refractivity contribution in [2.24, 2.45) is 5.41 Å². The number of methoxy groups -OCH3 is 1. The molecule has 1 spiro atoms. The van der Waals surface area contributed by atoms with Crippen LogP contribution in [0.4, 0.5) is 5.69 Å². The summed E-state index contributed by atoms with van der Waals surface area (Å²) in [6.07, 6.45) is 2.03. The van der Waals surface area contributed by atoms with Crippen LogP contribution in [0.5, 0.6) is 0 Å². The van der Waals surface area contributed by atoms with E-state index in [1.54, 1.807) is 4.90 Å². The van der Waals surface area contributed by atoms with E-state index in [4.69, 9.17) is 4.74 Å². The van der Waals surface area contributed by atoms with Crippen LogP contribution in [0.2, 0.25) is 0 Å². The molecule has 0 aliphatic carbocycles. The lowest BCUT2D eigenvalue weighted by molar-refractivity contribution is -0.146. The molecule has 1 atom stereocenters. The van der Waals surface area contributed by atoms with Gasteiger partial charge >= 0.3 is 0 Å². The van der Waals surface area contributed by atoms with Gasteiger partial charge in [-0.2, -0.15) is 4.31 Å². The lowest BCUT2D eigenvalue weighted by atomic mass is 9.72. The van der Waals surface area contributed by atoms with Gasteiger partial charge in [-0.15, -0.1) is 0 Å². The number of ether oxygens (including phenoxy) is 1. The fourth-order valence-electron chi connectivity index (χ4n) is 3.42. The van der Waals surface area contributed by atoms with Gasteiger partial charge in [-0.3, -0.25) is 4.79 Å². The van der Waals surface area contributed by atoms with Crippen molar-refractivity contribution in [1.82, 2.24) is 4.90 Å². The molecule has 0 radical (unpaired) electrons. The van der Waals surface area contributed by atoms with E-state index >= 15 is 0 Å². The van der Waals surface area contributed by atoms with Gasteiger partial charge in [0.1, 0.15) is 23.3 Å². The summed E-state index contributed by atoms with van der Waals surface area (Å²) in [4.78, 5) is 13.6. The van der Waals surface area contributed by atoms with E-state index in [1.165, 1.54) is 17.7 Å². The summed E-state index contributed by atoms with van der Waals surface area (Å²) in [5.74, 6) is -0.0436. The molecule has 2 heterocycles. The molecule has 0 N–H and O–H groups in total. The number of benzene rings is 1. The number of fused-ring (bicyclic) bond motifs is 1. The average molecular weight is 324 g/mol. The maximum absolute atomic E-state index is 12.1. The number of anilines is 1. The van der Waals surface area contributed by atoms with Crippen LogP contribution in [0.15, 0.2) is 24.3 Å². The zero-order valence-electron chi connectivity index (χ0n) is 12.8. The highest BCUT2D eigenvalue weighted by Crippen LogP contribution is 2.44. The highest BCUT2D eigenvalue weighted by molar-refractivity contribution is 7.98. The molecule has 1 aromatic rings. The predicted octanol–water partition coefficient (Wildman–Crippen LogP) is 0.699. The Morgan fingerprint density at radius 3 is 2.68 bits per heavy atom. The number of hydrogen-bond donors (Lipinski definition) is 0. The minimum absolute atomic E-state index is 0.0436. The van der Waals surface area contributed by atoms with E-state index in [1.807, 2.05) is 24.3 Å². The maximum Gasteiger partial charge on any atom is 0.248 e. The molecule has 0 aromatic heterocycles. The number of sulfonamides is 1. The fraction of sp³-hybridized carbons (Fsp3) is 0.533. The standard InChI is InChI=1S/C15H20N2O4S/c1-21-8-14(18)16-9-15(10-16)7-12-5-3-4-6-13(12)17(11-15)22(2,19)20/h3-6H,7-11H2,1-2H3. The van der Waals surface area contributed by atoms with Crippen molar-refractivity contribution >= 4 is 22.0 Å². The van der Waals surface area contributed by atoms with Crippen LogP contribution in [-0.4, -0.2) is 55.0 Å². The first-order valence-electron chi connectivity index (χ1n) is 7.17. The molecule has 1 fully saturated rings. The normalized spacial score (nSPS) is 22.0.